The number of nitrogens with zero attached hydrogens (tertiary/aromatic N) is 6. The van der Waals surface area contributed by atoms with E-state index in [4.69, 9.17) is 4.74 Å². The zero-order valence-electron chi connectivity index (χ0n) is 18.1. The quantitative estimate of drug-likeness (QED) is 0.504. The van der Waals surface area contributed by atoms with Gasteiger partial charge in [-0.1, -0.05) is 29.5 Å². The van der Waals surface area contributed by atoms with Gasteiger partial charge in [-0.2, -0.15) is 0 Å². The van der Waals surface area contributed by atoms with Crippen LogP contribution in [-0.2, 0) is 6.42 Å². The van der Waals surface area contributed by atoms with E-state index >= 15 is 0 Å². The Labute approximate surface area is 181 Å². The molecule has 3 heterocycles. The first-order valence-corrected chi connectivity index (χ1v) is 10.5. The Kier molecular flexibility index (Phi) is 4.94. The van der Waals surface area contributed by atoms with Crippen LogP contribution in [0.3, 0.4) is 0 Å². The molecule has 1 aliphatic heterocycles. The summed E-state index contributed by atoms with van der Waals surface area (Å²) in [6.07, 6.45) is 7.89. The van der Waals surface area contributed by atoms with Crippen molar-refractivity contribution in [1.82, 2.24) is 24.5 Å². The first-order chi connectivity index (χ1) is 15.1. The average Bonchev–Trinajstić information content (AvgIpc) is 3.42. The van der Waals surface area contributed by atoms with Crippen molar-refractivity contribution in [3.05, 3.63) is 72.4 Å². The fraction of sp³-hybridized carbons (Fsp3) is 0.292. The van der Waals surface area contributed by atoms with E-state index in [1.807, 2.05) is 40.7 Å². The number of para-hydroxylation sites is 1. The van der Waals surface area contributed by atoms with E-state index in [-0.39, 0.29) is 6.04 Å². The van der Waals surface area contributed by atoms with Crippen LogP contribution < -0.4 is 9.64 Å². The van der Waals surface area contributed by atoms with Crippen LogP contribution in [0, 0.1) is 6.92 Å². The Hall–Kier alpha value is -3.61. The van der Waals surface area contributed by atoms with Crippen LogP contribution in [-0.4, -0.2) is 45.2 Å². The number of fused-ring (bicyclic) bond motifs is 1. The first kappa shape index (κ1) is 19.4. The molecule has 7 heteroatoms. The van der Waals surface area contributed by atoms with Crippen molar-refractivity contribution in [3.63, 3.8) is 0 Å². The molecule has 1 atom stereocenters. The SMILES string of the molecule is COc1cc(-c2cn(C3CCc4ccccc4N(C)C3)nn2)ccc1-n1cnc(C)c1. The monoisotopic (exact) mass is 414 g/mol. The molecule has 4 aromatic rings. The number of aryl methyl sites for hydroxylation is 2. The van der Waals surface area contributed by atoms with Gasteiger partial charge in [0.1, 0.15) is 11.4 Å². The van der Waals surface area contributed by atoms with Gasteiger partial charge in [0.25, 0.3) is 0 Å². The van der Waals surface area contributed by atoms with Gasteiger partial charge in [0.15, 0.2) is 0 Å². The number of benzene rings is 2. The number of hydrogen-bond acceptors (Lipinski definition) is 5. The lowest BCUT2D eigenvalue weighted by molar-refractivity contribution is 0.413. The van der Waals surface area contributed by atoms with Gasteiger partial charge in [-0.05, 0) is 43.5 Å². The number of hydrogen-bond donors (Lipinski definition) is 0. The Bertz CT molecular complexity index is 1210. The Morgan fingerprint density at radius 2 is 1.94 bits per heavy atom. The highest BCUT2D eigenvalue weighted by molar-refractivity contribution is 5.64. The van der Waals surface area contributed by atoms with Crippen LogP contribution in [0.4, 0.5) is 5.69 Å². The summed E-state index contributed by atoms with van der Waals surface area (Å²) in [6, 6.07) is 15.0. The Morgan fingerprint density at radius 3 is 2.74 bits per heavy atom. The van der Waals surface area contributed by atoms with Crippen molar-refractivity contribution >= 4 is 5.69 Å². The molecule has 158 valence electrons. The van der Waals surface area contributed by atoms with Crippen molar-refractivity contribution in [2.45, 2.75) is 25.8 Å². The number of likely N-dealkylation sites (N-methyl/N-ethyl adjacent to an activating group) is 1. The van der Waals surface area contributed by atoms with Crippen molar-refractivity contribution in [2.75, 3.05) is 25.6 Å². The molecule has 0 bridgehead atoms. The smallest absolute Gasteiger partial charge is 0.143 e. The summed E-state index contributed by atoms with van der Waals surface area (Å²) in [5.74, 6) is 0.772. The lowest BCUT2D eigenvalue weighted by Gasteiger charge is -2.23. The predicted molar refractivity (Wildman–Crippen MR) is 121 cm³/mol. The second kappa shape index (κ2) is 7.91. The zero-order valence-corrected chi connectivity index (χ0v) is 18.1. The summed E-state index contributed by atoms with van der Waals surface area (Å²) < 4.78 is 9.63. The normalized spacial score (nSPS) is 16.1. The number of aromatic nitrogens is 5. The van der Waals surface area contributed by atoms with Gasteiger partial charge in [-0.25, -0.2) is 9.67 Å². The molecule has 0 saturated heterocycles. The van der Waals surface area contributed by atoms with Crippen LogP contribution >= 0.6 is 0 Å². The largest absolute Gasteiger partial charge is 0.495 e. The van der Waals surface area contributed by atoms with E-state index in [0.29, 0.717) is 0 Å². The highest BCUT2D eigenvalue weighted by atomic mass is 16.5. The third kappa shape index (κ3) is 3.67. The van der Waals surface area contributed by atoms with E-state index in [0.717, 1.165) is 47.8 Å². The van der Waals surface area contributed by atoms with Gasteiger partial charge in [0.2, 0.25) is 0 Å². The molecule has 5 rings (SSSR count). The van der Waals surface area contributed by atoms with Crippen molar-refractivity contribution in [2.24, 2.45) is 0 Å². The summed E-state index contributed by atoms with van der Waals surface area (Å²) in [6.45, 7) is 2.88. The molecule has 0 amide bonds. The van der Waals surface area contributed by atoms with Gasteiger partial charge in [-0.15, -0.1) is 5.10 Å². The number of imidazole rings is 1. The van der Waals surface area contributed by atoms with E-state index in [9.17, 15) is 0 Å². The van der Waals surface area contributed by atoms with Gasteiger partial charge in [0, 0.05) is 31.0 Å². The molecular weight excluding hydrogens is 388 g/mol. The maximum atomic E-state index is 5.65. The van der Waals surface area contributed by atoms with Gasteiger partial charge in [-0.3, -0.25) is 0 Å². The van der Waals surface area contributed by atoms with Crippen molar-refractivity contribution in [3.8, 4) is 22.7 Å². The maximum absolute atomic E-state index is 5.65. The van der Waals surface area contributed by atoms with Gasteiger partial charge >= 0.3 is 0 Å². The fourth-order valence-corrected chi connectivity index (χ4v) is 4.33. The van der Waals surface area contributed by atoms with E-state index in [1.165, 1.54) is 11.3 Å². The summed E-state index contributed by atoms with van der Waals surface area (Å²) >= 11 is 0. The van der Waals surface area contributed by atoms with Gasteiger partial charge < -0.3 is 14.2 Å². The molecule has 2 aromatic carbocycles. The van der Waals surface area contributed by atoms with Crippen molar-refractivity contribution < 1.29 is 4.74 Å². The topological polar surface area (TPSA) is 61.0 Å². The Morgan fingerprint density at radius 1 is 1.06 bits per heavy atom. The van der Waals surface area contributed by atoms with Crippen LogP contribution in [0.15, 0.2) is 61.2 Å². The van der Waals surface area contributed by atoms with Crippen LogP contribution in [0.5, 0.6) is 5.75 Å². The third-order valence-electron chi connectivity index (χ3n) is 5.98. The molecular formula is C24H26N6O. The highest BCUT2D eigenvalue weighted by Crippen LogP contribution is 2.31. The molecule has 0 spiro atoms. The summed E-state index contributed by atoms with van der Waals surface area (Å²) in [5.41, 5.74) is 6.43. The minimum absolute atomic E-state index is 0.272. The molecule has 2 aromatic heterocycles. The molecule has 0 radical (unpaired) electrons. The maximum Gasteiger partial charge on any atom is 0.143 e. The minimum atomic E-state index is 0.272. The minimum Gasteiger partial charge on any atom is -0.495 e. The van der Waals surface area contributed by atoms with Gasteiger partial charge in [0.05, 0.1) is 37.1 Å². The van der Waals surface area contributed by atoms with E-state index in [1.54, 1.807) is 13.4 Å². The highest BCUT2D eigenvalue weighted by Gasteiger charge is 2.22. The van der Waals surface area contributed by atoms with E-state index in [2.05, 4.69) is 57.6 Å². The third-order valence-corrected chi connectivity index (χ3v) is 5.98. The predicted octanol–water partition coefficient (Wildman–Crippen LogP) is 4.07. The molecule has 0 saturated carbocycles. The van der Waals surface area contributed by atoms with Crippen LogP contribution in [0.1, 0.15) is 23.7 Å². The lowest BCUT2D eigenvalue weighted by Crippen LogP contribution is -2.26. The summed E-state index contributed by atoms with van der Waals surface area (Å²) in [5, 5.41) is 8.95. The summed E-state index contributed by atoms with van der Waals surface area (Å²) in [4.78, 5) is 6.63. The number of anilines is 1. The molecule has 7 nitrogen and oxygen atoms in total. The number of methoxy groups -OCH3 is 1. The molecule has 1 unspecified atom stereocenters. The van der Waals surface area contributed by atoms with Crippen molar-refractivity contribution in [1.29, 1.82) is 0 Å². The standard InChI is InChI=1S/C24H26N6O/c1-17-13-29(16-25-17)23-11-9-19(12-24(23)31-3)21-15-30(27-26-21)20-10-8-18-6-4-5-7-22(18)28(2)14-20/h4-7,9,11-13,15-16,20H,8,10,14H2,1-3H3. The molecule has 0 N–H and O–H groups in total. The second-order valence-corrected chi connectivity index (χ2v) is 8.09. The number of ether oxygens (including phenoxy) is 1. The number of rotatable bonds is 4. The Balaban J connectivity index is 1.41. The molecule has 1 aliphatic rings. The average molecular weight is 415 g/mol. The molecule has 0 fully saturated rings. The fourth-order valence-electron chi connectivity index (χ4n) is 4.33. The zero-order chi connectivity index (χ0) is 21.4. The molecule has 31 heavy (non-hydrogen) atoms. The second-order valence-electron chi connectivity index (χ2n) is 8.09. The summed E-state index contributed by atoms with van der Waals surface area (Å²) in [7, 11) is 3.83. The molecule has 0 aliphatic carbocycles. The van der Waals surface area contributed by atoms with Crippen LogP contribution in [0.25, 0.3) is 16.9 Å². The lowest BCUT2D eigenvalue weighted by atomic mass is 10.1. The first-order valence-electron chi connectivity index (χ1n) is 10.5. The van der Waals surface area contributed by atoms with Crippen LogP contribution in [0.2, 0.25) is 0 Å². The van der Waals surface area contributed by atoms with E-state index < -0.39 is 0 Å².